The van der Waals surface area contributed by atoms with Gasteiger partial charge in [-0.25, -0.2) is 0 Å². The van der Waals surface area contributed by atoms with Gasteiger partial charge in [-0.15, -0.1) is 0 Å². The van der Waals surface area contributed by atoms with Crippen molar-refractivity contribution in [3.8, 4) is 0 Å². The smallest absolute Gasteiger partial charge is 0.133 e. The molecule has 0 spiro atoms. The lowest BCUT2D eigenvalue weighted by atomic mass is 10.1. The second-order valence-corrected chi connectivity index (χ2v) is 5.16. The summed E-state index contributed by atoms with van der Waals surface area (Å²) in [5.41, 5.74) is 4.08. The van der Waals surface area contributed by atoms with E-state index in [-0.39, 0.29) is 5.78 Å². The molecular formula is C17H28O. The van der Waals surface area contributed by atoms with Crippen molar-refractivity contribution in [2.24, 2.45) is 0 Å². The SMILES string of the molecule is CCC(C)=CCCC(C)=CCC=C(C)CC(C)=O. The maximum atomic E-state index is 10.9. The molecule has 0 heterocycles. The van der Waals surface area contributed by atoms with Crippen LogP contribution < -0.4 is 0 Å². The van der Waals surface area contributed by atoms with E-state index >= 15 is 0 Å². The van der Waals surface area contributed by atoms with Crippen LogP contribution in [0.1, 0.15) is 66.7 Å². The number of hydrogen-bond acceptors (Lipinski definition) is 1. The predicted molar refractivity (Wildman–Crippen MR) is 80.7 cm³/mol. The normalized spacial score (nSPS) is 13.9. The molecule has 0 bridgehead atoms. The van der Waals surface area contributed by atoms with Gasteiger partial charge in [0.15, 0.2) is 0 Å². The van der Waals surface area contributed by atoms with Crippen molar-refractivity contribution in [3.63, 3.8) is 0 Å². The fraction of sp³-hybridized carbons (Fsp3) is 0.588. The highest BCUT2D eigenvalue weighted by Crippen LogP contribution is 2.10. The summed E-state index contributed by atoms with van der Waals surface area (Å²) >= 11 is 0. The zero-order valence-electron chi connectivity index (χ0n) is 12.7. The first-order chi connectivity index (χ1) is 8.45. The molecule has 18 heavy (non-hydrogen) atoms. The molecule has 0 aromatic rings. The van der Waals surface area contributed by atoms with E-state index < -0.39 is 0 Å². The van der Waals surface area contributed by atoms with Crippen LogP contribution >= 0.6 is 0 Å². The molecule has 0 atom stereocenters. The Labute approximate surface area is 113 Å². The third kappa shape index (κ3) is 10.1. The highest BCUT2D eigenvalue weighted by atomic mass is 16.1. The largest absolute Gasteiger partial charge is 0.300 e. The summed E-state index contributed by atoms with van der Waals surface area (Å²) in [7, 11) is 0. The molecule has 0 fully saturated rings. The third-order valence-electron chi connectivity index (χ3n) is 3.05. The molecule has 0 saturated carbocycles. The van der Waals surface area contributed by atoms with E-state index in [1.807, 2.05) is 6.92 Å². The Morgan fingerprint density at radius 1 is 0.889 bits per heavy atom. The van der Waals surface area contributed by atoms with Crippen LogP contribution in [0.4, 0.5) is 0 Å². The molecule has 1 heteroatoms. The van der Waals surface area contributed by atoms with Crippen molar-refractivity contribution in [2.75, 3.05) is 0 Å². The number of hydrogen-bond donors (Lipinski definition) is 0. The van der Waals surface area contributed by atoms with E-state index in [0.717, 1.165) is 25.7 Å². The summed E-state index contributed by atoms with van der Waals surface area (Å²) in [6.45, 7) is 10.2. The van der Waals surface area contributed by atoms with E-state index in [2.05, 4.69) is 39.0 Å². The maximum Gasteiger partial charge on any atom is 0.133 e. The summed E-state index contributed by atoms with van der Waals surface area (Å²) in [6, 6.07) is 0. The van der Waals surface area contributed by atoms with Crippen LogP contribution in [0.5, 0.6) is 0 Å². The molecule has 0 rings (SSSR count). The van der Waals surface area contributed by atoms with Crippen LogP contribution in [0, 0.1) is 0 Å². The Morgan fingerprint density at radius 3 is 2.06 bits per heavy atom. The standard InChI is InChI=1S/C17H28O/c1-6-14(2)9-7-10-15(3)11-8-12-16(4)13-17(5)18/h9,11-12H,6-8,10,13H2,1-5H3. The van der Waals surface area contributed by atoms with E-state index in [9.17, 15) is 4.79 Å². The number of allylic oxidation sites excluding steroid dienone is 6. The van der Waals surface area contributed by atoms with Crippen LogP contribution in [0.15, 0.2) is 34.9 Å². The monoisotopic (exact) mass is 248 g/mol. The van der Waals surface area contributed by atoms with Gasteiger partial charge in [-0.3, -0.25) is 4.79 Å². The predicted octanol–water partition coefficient (Wildman–Crippen LogP) is 5.38. The lowest BCUT2D eigenvalue weighted by Gasteiger charge is -2.00. The molecule has 0 amide bonds. The van der Waals surface area contributed by atoms with Crippen molar-refractivity contribution in [2.45, 2.75) is 66.7 Å². The third-order valence-corrected chi connectivity index (χ3v) is 3.05. The van der Waals surface area contributed by atoms with Gasteiger partial charge < -0.3 is 0 Å². The minimum absolute atomic E-state index is 0.240. The van der Waals surface area contributed by atoms with Gasteiger partial charge in [0.05, 0.1) is 0 Å². The Balaban J connectivity index is 4.01. The molecule has 0 unspecified atom stereocenters. The first-order valence-corrected chi connectivity index (χ1v) is 6.92. The Hall–Kier alpha value is -1.11. The Bertz CT molecular complexity index is 343. The zero-order chi connectivity index (χ0) is 14.0. The fourth-order valence-corrected chi connectivity index (χ4v) is 1.72. The minimum atomic E-state index is 0.240. The number of carbonyl (C=O) groups excluding carboxylic acids is 1. The minimum Gasteiger partial charge on any atom is -0.300 e. The van der Waals surface area contributed by atoms with Crippen molar-refractivity contribution in [1.29, 1.82) is 0 Å². The highest BCUT2D eigenvalue weighted by molar-refractivity contribution is 5.77. The van der Waals surface area contributed by atoms with Crippen LogP contribution in [0.2, 0.25) is 0 Å². The number of Topliss-reactive ketones (excluding diaryl/α,β-unsaturated/α-hetero) is 1. The molecule has 102 valence electrons. The molecule has 0 radical (unpaired) electrons. The van der Waals surface area contributed by atoms with Gasteiger partial charge >= 0.3 is 0 Å². The zero-order valence-corrected chi connectivity index (χ0v) is 12.7. The average molecular weight is 248 g/mol. The highest BCUT2D eigenvalue weighted by Gasteiger charge is 1.94. The van der Waals surface area contributed by atoms with E-state index in [0.29, 0.717) is 6.42 Å². The summed E-state index contributed by atoms with van der Waals surface area (Å²) in [5.74, 6) is 0.240. The molecule has 0 aliphatic rings. The van der Waals surface area contributed by atoms with E-state index in [1.54, 1.807) is 6.92 Å². The second kappa shape index (κ2) is 9.87. The lowest BCUT2D eigenvalue weighted by Crippen LogP contribution is -1.89. The molecule has 0 aromatic carbocycles. The second-order valence-electron chi connectivity index (χ2n) is 5.16. The lowest BCUT2D eigenvalue weighted by molar-refractivity contribution is -0.116. The first kappa shape index (κ1) is 16.9. The molecule has 0 aliphatic carbocycles. The van der Waals surface area contributed by atoms with Gasteiger partial charge in [-0.2, -0.15) is 0 Å². The number of ketones is 1. The number of rotatable bonds is 8. The summed E-state index contributed by atoms with van der Waals surface area (Å²) in [6.07, 6.45) is 11.7. The molecule has 0 aromatic heterocycles. The summed E-state index contributed by atoms with van der Waals surface area (Å²) < 4.78 is 0. The van der Waals surface area contributed by atoms with Crippen LogP contribution in [0.3, 0.4) is 0 Å². The van der Waals surface area contributed by atoms with Crippen molar-refractivity contribution in [1.82, 2.24) is 0 Å². The molecular weight excluding hydrogens is 220 g/mol. The van der Waals surface area contributed by atoms with Gasteiger partial charge in [0.25, 0.3) is 0 Å². The van der Waals surface area contributed by atoms with Crippen molar-refractivity contribution >= 4 is 5.78 Å². The fourth-order valence-electron chi connectivity index (χ4n) is 1.72. The molecule has 0 saturated heterocycles. The van der Waals surface area contributed by atoms with Gasteiger partial charge in [-0.1, -0.05) is 41.9 Å². The van der Waals surface area contributed by atoms with Gasteiger partial charge in [-0.05, 0) is 53.4 Å². The summed E-state index contributed by atoms with van der Waals surface area (Å²) in [5, 5.41) is 0. The molecule has 0 aliphatic heterocycles. The van der Waals surface area contributed by atoms with Gasteiger partial charge in [0.2, 0.25) is 0 Å². The molecule has 0 N–H and O–H groups in total. The average Bonchev–Trinajstić information content (AvgIpc) is 2.27. The quantitative estimate of drug-likeness (QED) is 0.527. The Morgan fingerprint density at radius 2 is 1.50 bits per heavy atom. The van der Waals surface area contributed by atoms with Gasteiger partial charge in [0.1, 0.15) is 5.78 Å². The van der Waals surface area contributed by atoms with Crippen LogP contribution in [-0.2, 0) is 4.79 Å². The van der Waals surface area contributed by atoms with Crippen molar-refractivity contribution in [3.05, 3.63) is 34.9 Å². The maximum absolute atomic E-state index is 10.9. The van der Waals surface area contributed by atoms with Crippen LogP contribution in [-0.4, -0.2) is 5.78 Å². The first-order valence-electron chi connectivity index (χ1n) is 6.92. The number of carbonyl (C=O) groups is 1. The Kier molecular flexibility index (Phi) is 9.26. The van der Waals surface area contributed by atoms with Gasteiger partial charge in [0, 0.05) is 6.42 Å². The summed E-state index contributed by atoms with van der Waals surface area (Å²) in [4.78, 5) is 10.9. The van der Waals surface area contributed by atoms with Crippen molar-refractivity contribution < 1.29 is 4.79 Å². The van der Waals surface area contributed by atoms with E-state index in [1.165, 1.54) is 16.7 Å². The van der Waals surface area contributed by atoms with Crippen LogP contribution in [0.25, 0.3) is 0 Å². The molecule has 1 nitrogen and oxygen atoms in total. The van der Waals surface area contributed by atoms with E-state index in [4.69, 9.17) is 0 Å². The topological polar surface area (TPSA) is 17.1 Å².